The molecule has 2 aliphatic carbocycles. The third-order valence-electron chi connectivity index (χ3n) is 7.53. The fourth-order valence-corrected chi connectivity index (χ4v) is 4.94. The van der Waals surface area contributed by atoms with Crippen LogP contribution in [0.1, 0.15) is 71.8 Å². The molecule has 1 aromatic carbocycles. The normalized spacial score (nSPS) is 17.7. The molecule has 1 aromatic rings. The van der Waals surface area contributed by atoms with Gasteiger partial charge in [-0.3, -0.25) is 47.9 Å². The van der Waals surface area contributed by atoms with Crippen molar-refractivity contribution in [1.29, 1.82) is 0 Å². The van der Waals surface area contributed by atoms with E-state index in [1.165, 1.54) is 32.9 Å². The van der Waals surface area contributed by atoms with Crippen molar-refractivity contribution < 1.29 is 110 Å². The summed E-state index contributed by atoms with van der Waals surface area (Å²) in [5.74, 6) is -16.0. The monoisotopic (exact) mass is 822 g/mol. The fourth-order valence-electron chi connectivity index (χ4n) is 4.94. The van der Waals surface area contributed by atoms with Gasteiger partial charge in [-0.15, -0.1) is 0 Å². The number of hydrogen-bond acceptors (Lipinski definition) is 11. The third-order valence-corrected chi connectivity index (χ3v) is 7.53. The van der Waals surface area contributed by atoms with Crippen molar-refractivity contribution in [3.8, 4) is 0 Å². The van der Waals surface area contributed by atoms with Gasteiger partial charge in [0.15, 0.2) is 5.92 Å². The number of allylic oxidation sites excluding steroid dienone is 2. The summed E-state index contributed by atoms with van der Waals surface area (Å²) in [5, 5.41) is 92.9. The Morgan fingerprint density at radius 3 is 1.11 bits per heavy atom. The first kappa shape index (κ1) is 57.3. The van der Waals surface area contributed by atoms with E-state index in [0.717, 1.165) is 0 Å². The van der Waals surface area contributed by atoms with Crippen LogP contribution in [0.25, 0.3) is 0 Å². The van der Waals surface area contributed by atoms with Gasteiger partial charge in [-0.05, 0) is 30.7 Å². The molecule has 22 heteroatoms. The van der Waals surface area contributed by atoms with Crippen molar-refractivity contribution in [2.45, 2.75) is 71.8 Å². The van der Waals surface area contributed by atoms with Gasteiger partial charge in [0, 0.05) is 0 Å². The van der Waals surface area contributed by atoms with Gasteiger partial charge in [0.25, 0.3) is 0 Å². The van der Waals surface area contributed by atoms with Gasteiger partial charge in [0.1, 0.15) is 0 Å². The maximum atomic E-state index is 10.8. The van der Waals surface area contributed by atoms with Crippen LogP contribution < -0.4 is 0 Å². The SMILES string of the molecule is C.CC(CC(=O)O)C(=O)O.CC(CC(=O)O)C(=O)O.CC(O)(CC(=O)O)CC(=O)O.O.O=C(O)C(C(=O)O)c1ccccc1.O=C(O)[C@H]1[C@H](C(=O)O)[C@@H]2C=C[C@@H]1C2. The second-order valence-electron chi connectivity index (χ2n) is 12.5. The molecule has 1 saturated carbocycles. The number of carboxylic acid groups (broad SMARTS) is 10. The van der Waals surface area contributed by atoms with Crippen LogP contribution >= 0.6 is 0 Å². The molecule has 322 valence electrons. The predicted molar refractivity (Wildman–Crippen MR) is 191 cm³/mol. The molecular weight excluding hydrogens is 772 g/mol. The van der Waals surface area contributed by atoms with E-state index in [0.29, 0.717) is 6.42 Å². The second kappa shape index (κ2) is 27.2. The summed E-state index contributed by atoms with van der Waals surface area (Å²) in [7, 11) is 0. The number of fused-ring (bicyclic) bond motifs is 2. The highest BCUT2D eigenvalue weighted by Crippen LogP contribution is 2.48. The Hall–Kier alpha value is -6.42. The number of aliphatic carboxylic acids is 10. The molecule has 0 amide bonds. The molecule has 2 unspecified atom stereocenters. The molecule has 3 rings (SSSR count). The van der Waals surface area contributed by atoms with Gasteiger partial charge < -0.3 is 61.6 Å². The standard InChI is InChI=1S/C9H10O4.C9H8O4.C6H10O5.2C5H8O4.CH4.H2O/c10-8(11)6-4-1-2-5(3-4)7(6)9(12)13;10-8(11)7(9(12)13)6-4-2-1-3-5-6;1-6(11,2-4(7)8)3-5(9)10;2*1-3(5(8)9)2-4(6)7;;/h1-2,4-7H,3H2,(H,10,11)(H,12,13);1-5,7H,(H,10,11)(H,12,13);11H,2-3H2,1H3,(H,7,8)(H,9,10);2*3H,2H2,1H3,(H,6,7)(H,8,9);1H4;1H2/t4-,5-,6-,7-;;;;;;/m1....../s1. The lowest BCUT2D eigenvalue weighted by Gasteiger charge is -2.20. The Morgan fingerprint density at radius 2 is 0.895 bits per heavy atom. The first-order valence-corrected chi connectivity index (χ1v) is 15.8. The Labute approximate surface area is 324 Å². The molecular formula is C35H50O22. The number of benzene rings is 1. The average Bonchev–Trinajstić information content (AvgIpc) is 3.63. The lowest BCUT2D eigenvalue weighted by atomic mass is 9.83. The topological polar surface area (TPSA) is 425 Å². The van der Waals surface area contributed by atoms with Gasteiger partial charge in [0.2, 0.25) is 0 Å². The van der Waals surface area contributed by atoms with E-state index in [1.807, 2.05) is 12.2 Å². The molecule has 2 aliphatic rings. The van der Waals surface area contributed by atoms with E-state index in [-0.39, 0.29) is 43.1 Å². The highest BCUT2D eigenvalue weighted by atomic mass is 16.4. The first-order valence-electron chi connectivity index (χ1n) is 15.8. The number of hydrogen-bond donors (Lipinski definition) is 11. The highest BCUT2D eigenvalue weighted by Gasteiger charge is 2.51. The lowest BCUT2D eigenvalue weighted by Crippen LogP contribution is -2.32. The maximum Gasteiger partial charge on any atom is 0.322 e. The van der Waals surface area contributed by atoms with Gasteiger partial charge in [0.05, 0.1) is 55.0 Å². The lowest BCUT2D eigenvalue weighted by molar-refractivity contribution is -0.154. The molecule has 0 aliphatic heterocycles. The Bertz CT molecular complexity index is 1470. The number of aliphatic hydroxyl groups is 1. The van der Waals surface area contributed by atoms with Crippen molar-refractivity contribution in [3.05, 3.63) is 48.0 Å². The minimum atomic E-state index is -1.66. The Morgan fingerprint density at radius 1 is 0.579 bits per heavy atom. The molecule has 13 N–H and O–H groups in total. The number of carbonyl (C=O) groups is 10. The van der Waals surface area contributed by atoms with Crippen LogP contribution in [-0.2, 0) is 47.9 Å². The van der Waals surface area contributed by atoms with Gasteiger partial charge >= 0.3 is 59.7 Å². The zero-order valence-electron chi connectivity index (χ0n) is 30.1. The van der Waals surface area contributed by atoms with Crippen molar-refractivity contribution in [2.75, 3.05) is 0 Å². The van der Waals surface area contributed by atoms with Gasteiger partial charge in [-0.1, -0.05) is 63.8 Å². The van der Waals surface area contributed by atoms with Crippen molar-refractivity contribution >= 4 is 59.7 Å². The van der Waals surface area contributed by atoms with Crippen LogP contribution in [0.5, 0.6) is 0 Å². The maximum absolute atomic E-state index is 10.8. The molecule has 0 radical (unpaired) electrons. The zero-order chi connectivity index (χ0) is 43.4. The molecule has 2 bridgehead atoms. The minimum absolute atomic E-state index is 0. The van der Waals surface area contributed by atoms with E-state index in [1.54, 1.807) is 18.2 Å². The van der Waals surface area contributed by atoms with E-state index < -0.39 is 108 Å². The molecule has 0 saturated heterocycles. The van der Waals surface area contributed by atoms with Crippen LogP contribution in [0.4, 0.5) is 0 Å². The van der Waals surface area contributed by atoms with Gasteiger partial charge in [-0.2, -0.15) is 0 Å². The third kappa shape index (κ3) is 23.9. The van der Waals surface area contributed by atoms with E-state index in [4.69, 9.17) is 56.2 Å². The first-order chi connectivity index (χ1) is 25.1. The van der Waals surface area contributed by atoms with Gasteiger partial charge in [-0.25, -0.2) is 0 Å². The van der Waals surface area contributed by atoms with Crippen molar-refractivity contribution in [1.82, 2.24) is 0 Å². The van der Waals surface area contributed by atoms with E-state index in [2.05, 4.69) is 0 Å². The quantitative estimate of drug-likeness (QED) is 0.0879. The Kier molecular flexibility index (Phi) is 27.4. The summed E-state index contributed by atoms with van der Waals surface area (Å²) < 4.78 is 0. The number of carboxylic acids is 10. The molecule has 0 aromatic heterocycles. The molecule has 6 atom stereocenters. The fraction of sp³-hybridized carbons (Fsp3) is 0.486. The summed E-state index contributed by atoms with van der Waals surface area (Å²) in [6.07, 6.45) is 2.63. The summed E-state index contributed by atoms with van der Waals surface area (Å²) in [5.41, 5.74) is -1.37. The van der Waals surface area contributed by atoms with Crippen LogP contribution in [-0.4, -0.2) is 127 Å². The van der Waals surface area contributed by atoms with Crippen LogP contribution in [0.2, 0.25) is 0 Å². The Balaban J connectivity index is -0.000000309. The molecule has 57 heavy (non-hydrogen) atoms. The molecule has 1 fully saturated rings. The summed E-state index contributed by atoms with van der Waals surface area (Å²) >= 11 is 0. The van der Waals surface area contributed by atoms with E-state index >= 15 is 0 Å². The second-order valence-corrected chi connectivity index (χ2v) is 12.5. The largest absolute Gasteiger partial charge is 0.481 e. The van der Waals surface area contributed by atoms with Crippen molar-refractivity contribution in [3.63, 3.8) is 0 Å². The zero-order valence-corrected chi connectivity index (χ0v) is 30.1. The van der Waals surface area contributed by atoms with Crippen LogP contribution in [0.3, 0.4) is 0 Å². The number of rotatable bonds is 15. The minimum Gasteiger partial charge on any atom is -0.481 e. The van der Waals surface area contributed by atoms with Crippen molar-refractivity contribution in [2.24, 2.45) is 35.5 Å². The highest BCUT2D eigenvalue weighted by molar-refractivity contribution is 5.99. The summed E-state index contributed by atoms with van der Waals surface area (Å²) in [6, 6.07) is 7.87. The molecule has 0 heterocycles. The smallest absolute Gasteiger partial charge is 0.322 e. The molecule has 22 nitrogen and oxygen atoms in total. The summed E-state index contributed by atoms with van der Waals surface area (Å²) in [6.45, 7) is 3.89. The summed E-state index contributed by atoms with van der Waals surface area (Å²) in [4.78, 5) is 102. The predicted octanol–water partition coefficient (Wildman–Crippen LogP) is 1.40. The van der Waals surface area contributed by atoms with E-state index in [9.17, 15) is 47.9 Å². The van der Waals surface area contributed by atoms with Crippen LogP contribution in [0.15, 0.2) is 42.5 Å². The average molecular weight is 823 g/mol. The van der Waals surface area contributed by atoms with Crippen LogP contribution in [0, 0.1) is 35.5 Å². The molecule has 0 spiro atoms.